The predicted octanol–water partition coefficient (Wildman–Crippen LogP) is 2.02. The van der Waals surface area contributed by atoms with Crippen LogP contribution in [-0.2, 0) is 10.0 Å². The van der Waals surface area contributed by atoms with E-state index in [0.717, 1.165) is 10.2 Å². The van der Waals surface area contributed by atoms with Crippen molar-refractivity contribution in [2.75, 3.05) is 0 Å². The first kappa shape index (κ1) is 15.6. The van der Waals surface area contributed by atoms with Gasteiger partial charge in [-0.15, -0.1) is 0 Å². The first-order chi connectivity index (χ1) is 10.8. The molecule has 3 aromatic rings. The molecule has 0 atom stereocenters. The van der Waals surface area contributed by atoms with E-state index in [9.17, 15) is 18.3 Å². The number of benzene rings is 2. The van der Waals surface area contributed by atoms with Crippen LogP contribution in [0.15, 0.2) is 53.6 Å². The van der Waals surface area contributed by atoms with E-state index < -0.39 is 16.0 Å². The minimum absolute atomic E-state index is 0.0135. The molecule has 114 valence electrons. The van der Waals surface area contributed by atoms with Crippen LogP contribution in [0.2, 0.25) is 5.02 Å². The van der Waals surface area contributed by atoms with Gasteiger partial charge in [-0.05, 0) is 18.2 Å². The number of carboxylic acid groups (broad SMARTS) is 1. The fourth-order valence-electron chi connectivity index (χ4n) is 2.32. The second-order valence-corrected chi connectivity index (χ2v) is 7.08. The van der Waals surface area contributed by atoms with Crippen LogP contribution in [0.5, 0.6) is 0 Å². The minimum atomic E-state index is -4.00. The number of hydrogen-bond donors (Lipinski definition) is 1. The predicted molar refractivity (Wildman–Crippen MR) is 88.3 cm³/mol. The number of rotatable bonds is 3. The molecule has 8 heteroatoms. The van der Waals surface area contributed by atoms with Crippen molar-refractivity contribution in [1.82, 2.24) is 3.97 Å². The lowest BCUT2D eigenvalue weighted by Gasteiger charge is -2.08. The third kappa shape index (κ3) is 2.52. The van der Waals surface area contributed by atoms with Crippen LogP contribution in [0, 0.1) is 0 Å². The monoisotopic (exact) mass is 345 g/mol. The highest BCUT2D eigenvalue weighted by atomic mass is 35.5. The Kier molecular flexibility index (Phi) is 3.70. The average Bonchev–Trinajstić information content (AvgIpc) is 2.89. The van der Waals surface area contributed by atoms with Gasteiger partial charge in [0.2, 0.25) is 0 Å². The number of para-hydroxylation sites is 1. The van der Waals surface area contributed by atoms with Crippen molar-refractivity contribution in [3.05, 3.63) is 59.2 Å². The Hall–Kier alpha value is -2.25. The minimum Gasteiger partial charge on any atom is -0.478 e. The molecule has 2 radical (unpaired) electrons. The maximum absolute atomic E-state index is 12.8. The maximum Gasteiger partial charge on any atom is 0.337 e. The van der Waals surface area contributed by atoms with Crippen LogP contribution >= 0.6 is 11.6 Å². The Balaban J connectivity index is 2.36. The van der Waals surface area contributed by atoms with Crippen molar-refractivity contribution < 1.29 is 18.3 Å². The standard InChI is InChI=1S/C15H9BClNO4S/c16-9-4-6-10(7-5-9)23(21,22)18-8-12(15(19)20)11-2-1-3-13(17)14(11)18/h1-8H,(H,19,20). The van der Waals surface area contributed by atoms with Crippen molar-refractivity contribution in [2.24, 2.45) is 0 Å². The third-order valence-corrected chi connectivity index (χ3v) is 5.39. The molecule has 1 heterocycles. The first-order valence-corrected chi connectivity index (χ1v) is 8.28. The largest absolute Gasteiger partial charge is 0.478 e. The number of aromatic nitrogens is 1. The molecule has 0 aliphatic rings. The number of carbonyl (C=O) groups is 1. The number of halogens is 1. The molecule has 0 aliphatic carbocycles. The molecule has 1 aromatic heterocycles. The highest BCUT2D eigenvalue weighted by Gasteiger charge is 2.24. The van der Waals surface area contributed by atoms with E-state index in [1.807, 2.05) is 0 Å². The fraction of sp³-hybridized carbons (Fsp3) is 0. The lowest BCUT2D eigenvalue weighted by atomic mass is 9.97. The van der Waals surface area contributed by atoms with E-state index in [-0.39, 0.29) is 26.4 Å². The molecule has 0 saturated carbocycles. The summed E-state index contributed by atoms with van der Waals surface area (Å²) in [5.41, 5.74) is 0.412. The number of hydrogen-bond acceptors (Lipinski definition) is 3. The molecule has 0 fully saturated rings. The van der Waals surface area contributed by atoms with Gasteiger partial charge in [-0.2, -0.15) is 0 Å². The van der Waals surface area contributed by atoms with Crippen molar-refractivity contribution >= 4 is 51.8 Å². The number of carboxylic acids is 1. The molecule has 2 aromatic carbocycles. The van der Waals surface area contributed by atoms with Gasteiger partial charge in [0, 0.05) is 11.6 Å². The zero-order chi connectivity index (χ0) is 16.8. The van der Waals surface area contributed by atoms with Gasteiger partial charge in [-0.3, -0.25) is 0 Å². The van der Waals surface area contributed by atoms with E-state index in [2.05, 4.69) is 0 Å². The van der Waals surface area contributed by atoms with E-state index in [1.54, 1.807) is 6.07 Å². The summed E-state index contributed by atoms with van der Waals surface area (Å²) < 4.78 is 26.5. The highest BCUT2D eigenvalue weighted by molar-refractivity contribution is 7.90. The lowest BCUT2D eigenvalue weighted by molar-refractivity contribution is 0.0699. The van der Waals surface area contributed by atoms with Gasteiger partial charge in [-0.1, -0.05) is 41.3 Å². The van der Waals surface area contributed by atoms with Gasteiger partial charge < -0.3 is 5.11 Å². The SMILES string of the molecule is [B]c1ccc(S(=O)(=O)n2cc(C(=O)O)c3cccc(Cl)c32)cc1. The summed E-state index contributed by atoms with van der Waals surface area (Å²) >= 11 is 6.10. The Bertz CT molecular complexity index is 1030. The Morgan fingerprint density at radius 2 is 1.78 bits per heavy atom. The molecule has 0 unspecified atom stereocenters. The smallest absolute Gasteiger partial charge is 0.337 e. The zero-order valence-electron chi connectivity index (χ0n) is 11.6. The molecule has 1 N–H and O–H groups in total. The molecule has 23 heavy (non-hydrogen) atoms. The summed E-state index contributed by atoms with van der Waals surface area (Å²) in [7, 11) is 1.56. The van der Waals surface area contributed by atoms with Gasteiger partial charge >= 0.3 is 5.97 Å². The number of aromatic carboxylic acids is 1. The number of fused-ring (bicyclic) bond motifs is 1. The van der Waals surface area contributed by atoms with Crippen molar-refractivity contribution in [3.63, 3.8) is 0 Å². The summed E-state index contributed by atoms with van der Waals surface area (Å²) in [6, 6.07) is 10.2. The maximum atomic E-state index is 12.8. The van der Waals surface area contributed by atoms with Crippen LogP contribution in [-0.4, -0.2) is 31.3 Å². The Morgan fingerprint density at radius 1 is 1.13 bits per heavy atom. The van der Waals surface area contributed by atoms with E-state index in [1.165, 1.54) is 36.4 Å². The lowest BCUT2D eigenvalue weighted by Crippen LogP contribution is -2.13. The van der Waals surface area contributed by atoms with Crippen molar-refractivity contribution in [2.45, 2.75) is 4.90 Å². The summed E-state index contributed by atoms with van der Waals surface area (Å²) in [4.78, 5) is 11.4. The van der Waals surface area contributed by atoms with Crippen molar-refractivity contribution in [3.8, 4) is 0 Å². The molecule has 0 bridgehead atoms. The third-order valence-electron chi connectivity index (χ3n) is 3.41. The number of nitrogens with zero attached hydrogens (tertiary/aromatic N) is 1. The van der Waals surface area contributed by atoms with Crippen LogP contribution in [0.3, 0.4) is 0 Å². The second-order valence-electron chi connectivity index (χ2n) is 4.85. The quantitative estimate of drug-likeness (QED) is 0.737. The van der Waals surface area contributed by atoms with Crippen LogP contribution in [0.4, 0.5) is 0 Å². The van der Waals surface area contributed by atoms with Crippen LogP contribution in [0.25, 0.3) is 10.9 Å². The second kappa shape index (κ2) is 5.44. The molecule has 5 nitrogen and oxygen atoms in total. The summed E-state index contributed by atoms with van der Waals surface area (Å²) in [6.45, 7) is 0. The average molecular weight is 346 g/mol. The van der Waals surface area contributed by atoms with Gasteiger partial charge in [-0.25, -0.2) is 17.2 Å². The molecule has 0 spiro atoms. The van der Waals surface area contributed by atoms with Crippen LogP contribution in [0.1, 0.15) is 10.4 Å². The first-order valence-electron chi connectivity index (χ1n) is 6.46. The summed E-state index contributed by atoms with van der Waals surface area (Å²) in [5, 5.41) is 9.69. The molecule has 0 aliphatic heterocycles. The Labute approximate surface area is 138 Å². The molecule has 0 amide bonds. The summed E-state index contributed by atoms with van der Waals surface area (Å²) in [6.07, 6.45) is 1.06. The molecular weight excluding hydrogens is 337 g/mol. The highest BCUT2D eigenvalue weighted by Crippen LogP contribution is 2.31. The fourth-order valence-corrected chi connectivity index (χ4v) is 4.03. The molecule has 0 saturated heterocycles. The Morgan fingerprint density at radius 3 is 2.39 bits per heavy atom. The van der Waals surface area contributed by atoms with Crippen LogP contribution < -0.4 is 5.46 Å². The van der Waals surface area contributed by atoms with E-state index in [0.29, 0.717) is 5.46 Å². The van der Waals surface area contributed by atoms with Gasteiger partial charge in [0.15, 0.2) is 0 Å². The molecular formula is C15H9BClNO4S. The van der Waals surface area contributed by atoms with Gasteiger partial charge in [0.25, 0.3) is 10.0 Å². The molecule has 3 rings (SSSR count). The normalized spacial score (nSPS) is 11.7. The zero-order valence-corrected chi connectivity index (χ0v) is 13.2. The van der Waals surface area contributed by atoms with Gasteiger partial charge in [0.05, 0.1) is 21.0 Å². The summed E-state index contributed by atoms with van der Waals surface area (Å²) in [5.74, 6) is -1.23. The van der Waals surface area contributed by atoms with Gasteiger partial charge in [0.1, 0.15) is 7.85 Å². The van der Waals surface area contributed by atoms with Crippen molar-refractivity contribution in [1.29, 1.82) is 0 Å². The topological polar surface area (TPSA) is 76.4 Å². The van der Waals surface area contributed by atoms with E-state index >= 15 is 0 Å². The van der Waals surface area contributed by atoms with E-state index in [4.69, 9.17) is 19.4 Å².